The summed E-state index contributed by atoms with van der Waals surface area (Å²) >= 11 is 0. The maximum absolute atomic E-state index is 12.9. The molecule has 0 amide bonds. The van der Waals surface area contributed by atoms with Crippen LogP contribution in [0.1, 0.15) is 12.5 Å². The molecule has 0 aliphatic rings. The van der Waals surface area contributed by atoms with Gasteiger partial charge in [0.2, 0.25) is 0 Å². The summed E-state index contributed by atoms with van der Waals surface area (Å²) in [4.78, 5) is 0. The van der Waals surface area contributed by atoms with E-state index < -0.39 is 32.9 Å². The zero-order valence-electron chi connectivity index (χ0n) is 12.5. The van der Waals surface area contributed by atoms with Crippen molar-refractivity contribution >= 4 is 20.2 Å². The largest absolute Gasteiger partial charge is 0.268 e. The fourth-order valence-electron chi connectivity index (χ4n) is 1.83. The molecule has 0 saturated heterocycles. The van der Waals surface area contributed by atoms with Gasteiger partial charge in [-0.1, -0.05) is 19.1 Å². The fraction of sp³-hybridized carbons (Fsp3) is 0.538. The highest BCUT2D eigenvalue weighted by Crippen LogP contribution is 2.18. The predicted molar refractivity (Wildman–Crippen MR) is 79.8 cm³/mol. The van der Waals surface area contributed by atoms with Gasteiger partial charge in [-0.3, -0.25) is 8.37 Å². The molecule has 0 saturated carbocycles. The molecular weight excluding hydrogens is 335 g/mol. The van der Waals surface area contributed by atoms with Gasteiger partial charge < -0.3 is 0 Å². The molecule has 0 N–H and O–H groups in total. The van der Waals surface area contributed by atoms with E-state index in [1.54, 1.807) is 19.1 Å². The number of hydrogen-bond acceptors (Lipinski definition) is 6. The molecule has 0 spiro atoms. The Morgan fingerprint density at radius 1 is 1.05 bits per heavy atom. The topological polar surface area (TPSA) is 86.7 Å². The third kappa shape index (κ3) is 7.83. The van der Waals surface area contributed by atoms with E-state index in [4.69, 9.17) is 4.18 Å². The lowest BCUT2D eigenvalue weighted by Crippen LogP contribution is -2.32. The van der Waals surface area contributed by atoms with Crippen LogP contribution in [0.5, 0.6) is 0 Å². The molecular formula is C13H19FO6S2. The SMILES string of the molecule is CC(Cc1ccc(F)cc1)C(COS(C)(=O)=O)OS(C)(=O)=O. The van der Waals surface area contributed by atoms with Gasteiger partial charge in [0.15, 0.2) is 0 Å². The lowest BCUT2D eigenvalue weighted by atomic mass is 9.96. The van der Waals surface area contributed by atoms with Crippen LogP contribution in [0.2, 0.25) is 0 Å². The minimum absolute atomic E-state index is 0.359. The van der Waals surface area contributed by atoms with E-state index in [-0.39, 0.29) is 11.7 Å². The predicted octanol–water partition coefficient (Wildman–Crippen LogP) is 1.33. The third-order valence-electron chi connectivity index (χ3n) is 2.85. The Kier molecular flexibility index (Phi) is 6.48. The zero-order valence-corrected chi connectivity index (χ0v) is 14.2. The van der Waals surface area contributed by atoms with Crippen molar-refractivity contribution in [2.45, 2.75) is 19.4 Å². The van der Waals surface area contributed by atoms with Gasteiger partial charge in [0, 0.05) is 0 Å². The van der Waals surface area contributed by atoms with Crippen LogP contribution < -0.4 is 0 Å². The van der Waals surface area contributed by atoms with Crippen molar-refractivity contribution in [1.29, 1.82) is 0 Å². The third-order valence-corrected chi connectivity index (χ3v) is 4.01. The van der Waals surface area contributed by atoms with E-state index in [0.717, 1.165) is 18.1 Å². The first-order valence-corrected chi connectivity index (χ1v) is 10.1. The Morgan fingerprint density at radius 2 is 1.59 bits per heavy atom. The summed E-state index contributed by atoms with van der Waals surface area (Å²) < 4.78 is 67.1. The van der Waals surface area contributed by atoms with Crippen LogP contribution in [0.3, 0.4) is 0 Å². The van der Waals surface area contributed by atoms with Crippen LogP contribution in [-0.4, -0.2) is 42.1 Å². The zero-order chi connectivity index (χ0) is 17.0. The number of halogens is 1. The van der Waals surface area contributed by atoms with Crippen molar-refractivity contribution in [3.8, 4) is 0 Å². The van der Waals surface area contributed by atoms with Gasteiger partial charge in [-0.05, 0) is 30.0 Å². The number of hydrogen-bond donors (Lipinski definition) is 0. The second-order valence-corrected chi connectivity index (χ2v) is 8.38. The van der Waals surface area contributed by atoms with E-state index in [2.05, 4.69) is 4.18 Å². The van der Waals surface area contributed by atoms with Crippen LogP contribution >= 0.6 is 0 Å². The van der Waals surface area contributed by atoms with Crippen molar-refractivity contribution in [3.05, 3.63) is 35.6 Å². The van der Waals surface area contributed by atoms with E-state index in [0.29, 0.717) is 6.42 Å². The van der Waals surface area contributed by atoms with Gasteiger partial charge in [0.25, 0.3) is 20.2 Å². The second kappa shape index (κ2) is 7.49. The minimum Gasteiger partial charge on any atom is -0.268 e. The van der Waals surface area contributed by atoms with Crippen molar-refractivity contribution in [3.63, 3.8) is 0 Å². The fourth-order valence-corrected chi connectivity index (χ4v) is 2.90. The Morgan fingerprint density at radius 3 is 2.05 bits per heavy atom. The average molecular weight is 354 g/mol. The van der Waals surface area contributed by atoms with Gasteiger partial charge in [0.05, 0.1) is 19.1 Å². The maximum Gasteiger partial charge on any atom is 0.264 e. The van der Waals surface area contributed by atoms with Gasteiger partial charge in [-0.15, -0.1) is 0 Å². The molecule has 1 rings (SSSR count). The van der Waals surface area contributed by atoms with Crippen LogP contribution in [0, 0.1) is 11.7 Å². The van der Waals surface area contributed by atoms with Crippen molar-refractivity contribution < 1.29 is 29.6 Å². The van der Waals surface area contributed by atoms with Crippen LogP contribution in [0.25, 0.3) is 0 Å². The van der Waals surface area contributed by atoms with Crippen LogP contribution in [-0.2, 0) is 35.0 Å². The average Bonchev–Trinajstić information content (AvgIpc) is 2.35. The van der Waals surface area contributed by atoms with Gasteiger partial charge in [0.1, 0.15) is 11.9 Å². The van der Waals surface area contributed by atoms with E-state index in [9.17, 15) is 21.2 Å². The van der Waals surface area contributed by atoms with Gasteiger partial charge in [-0.25, -0.2) is 4.39 Å². The molecule has 0 fully saturated rings. The quantitative estimate of drug-likeness (QED) is 0.655. The molecule has 2 atom stereocenters. The first-order chi connectivity index (χ1) is 9.96. The lowest BCUT2D eigenvalue weighted by Gasteiger charge is -2.22. The Hall–Kier alpha value is -1.03. The molecule has 0 aliphatic heterocycles. The summed E-state index contributed by atoms with van der Waals surface area (Å²) in [5, 5.41) is 0. The van der Waals surface area contributed by atoms with E-state index >= 15 is 0 Å². The summed E-state index contributed by atoms with van der Waals surface area (Å²) in [6.45, 7) is 1.29. The highest BCUT2D eigenvalue weighted by molar-refractivity contribution is 7.86. The summed E-state index contributed by atoms with van der Waals surface area (Å²) in [5.74, 6) is -0.734. The minimum atomic E-state index is -3.77. The summed E-state index contributed by atoms with van der Waals surface area (Å²) in [5.41, 5.74) is 0.773. The smallest absolute Gasteiger partial charge is 0.264 e. The summed E-state index contributed by atoms with van der Waals surface area (Å²) in [7, 11) is -7.48. The number of rotatable bonds is 8. The Bertz CT molecular complexity index is 682. The second-order valence-electron chi connectivity index (χ2n) is 5.14. The molecule has 2 unspecified atom stereocenters. The Balaban J connectivity index is 2.81. The monoisotopic (exact) mass is 354 g/mol. The first kappa shape index (κ1) is 19.0. The Labute approximate surface area is 130 Å². The maximum atomic E-state index is 12.9. The van der Waals surface area contributed by atoms with Crippen LogP contribution in [0.4, 0.5) is 4.39 Å². The van der Waals surface area contributed by atoms with Crippen molar-refractivity contribution in [2.75, 3.05) is 19.1 Å². The van der Waals surface area contributed by atoms with E-state index in [1.807, 2.05) is 0 Å². The van der Waals surface area contributed by atoms with E-state index in [1.165, 1.54) is 12.1 Å². The molecule has 9 heteroatoms. The van der Waals surface area contributed by atoms with Crippen LogP contribution in [0.15, 0.2) is 24.3 Å². The number of benzene rings is 1. The molecule has 0 aromatic heterocycles. The standard InChI is InChI=1S/C13H19FO6S2/c1-10(8-11-4-6-12(14)7-5-11)13(20-22(3,17)18)9-19-21(2,15)16/h4-7,10,13H,8-9H2,1-3H3. The van der Waals surface area contributed by atoms with Gasteiger partial charge >= 0.3 is 0 Å². The molecule has 6 nitrogen and oxygen atoms in total. The molecule has 0 heterocycles. The van der Waals surface area contributed by atoms with Crippen molar-refractivity contribution in [2.24, 2.45) is 5.92 Å². The molecule has 0 bridgehead atoms. The molecule has 0 aliphatic carbocycles. The first-order valence-electron chi connectivity index (χ1n) is 6.43. The molecule has 1 aromatic carbocycles. The lowest BCUT2D eigenvalue weighted by molar-refractivity contribution is 0.0944. The molecule has 0 radical (unpaired) electrons. The molecule has 22 heavy (non-hydrogen) atoms. The highest BCUT2D eigenvalue weighted by atomic mass is 32.2. The van der Waals surface area contributed by atoms with Gasteiger partial charge in [-0.2, -0.15) is 16.8 Å². The molecule has 1 aromatic rings. The summed E-state index contributed by atoms with van der Waals surface area (Å²) in [6, 6.07) is 5.73. The van der Waals surface area contributed by atoms with Crippen molar-refractivity contribution in [1.82, 2.24) is 0 Å². The summed E-state index contributed by atoms with van der Waals surface area (Å²) in [6.07, 6.45) is 1.17. The molecule has 126 valence electrons. The highest BCUT2D eigenvalue weighted by Gasteiger charge is 2.25. The normalized spacial score (nSPS) is 15.5.